The van der Waals surface area contributed by atoms with Crippen LogP contribution in [0.2, 0.25) is 0 Å². The molecule has 0 fully saturated rings. The van der Waals surface area contributed by atoms with Crippen molar-refractivity contribution in [2.75, 3.05) is 13.6 Å². The van der Waals surface area contributed by atoms with Crippen LogP contribution in [-0.4, -0.2) is 26.3 Å². The van der Waals surface area contributed by atoms with E-state index < -0.39 is 10.0 Å². The predicted molar refractivity (Wildman–Crippen MR) is 62.2 cm³/mol. The molecule has 1 aromatic rings. The molecule has 0 aliphatic heterocycles. The van der Waals surface area contributed by atoms with Crippen molar-refractivity contribution in [1.82, 2.24) is 4.31 Å². The summed E-state index contributed by atoms with van der Waals surface area (Å²) in [5.41, 5.74) is 5.43. The molecule has 1 aromatic heterocycles. The smallest absolute Gasteiger partial charge is 0.252 e. The molecule has 0 radical (unpaired) electrons. The van der Waals surface area contributed by atoms with Crippen LogP contribution >= 0.6 is 11.3 Å². The topological polar surface area (TPSA) is 63.4 Å². The van der Waals surface area contributed by atoms with Gasteiger partial charge >= 0.3 is 0 Å². The first-order valence-electron chi connectivity index (χ1n) is 4.38. The number of hydrogen-bond donors (Lipinski definition) is 1. The van der Waals surface area contributed by atoms with Crippen LogP contribution in [0, 0.1) is 0 Å². The number of likely N-dealkylation sites (N-methyl/N-ethyl adjacent to an activating group) is 1. The average molecular weight is 246 g/mol. The van der Waals surface area contributed by atoms with Crippen LogP contribution in [0.4, 0.5) is 0 Å². The van der Waals surface area contributed by atoms with Crippen LogP contribution in [-0.2, 0) is 16.6 Å². The molecule has 6 heteroatoms. The normalized spacial score (nSPS) is 11.9. The Hall–Kier alpha value is -0.690. The Morgan fingerprint density at radius 1 is 1.60 bits per heavy atom. The first-order valence-corrected chi connectivity index (χ1v) is 6.64. The minimum Gasteiger partial charge on any atom is -0.326 e. The maximum atomic E-state index is 11.9. The summed E-state index contributed by atoms with van der Waals surface area (Å²) in [4.78, 5) is 0.862. The number of nitrogens with two attached hydrogens (primary N) is 1. The number of thiophene rings is 1. The molecular formula is C9H14N2O2S2. The lowest BCUT2D eigenvalue weighted by Gasteiger charge is -2.13. The summed E-state index contributed by atoms with van der Waals surface area (Å²) in [6.07, 6.45) is 1.55. The molecule has 0 amide bonds. The van der Waals surface area contributed by atoms with Crippen LogP contribution in [0.1, 0.15) is 4.88 Å². The van der Waals surface area contributed by atoms with Crippen molar-refractivity contribution in [3.63, 3.8) is 0 Å². The molecule has 0 aliphatic rings. The van der Waals surface area contributed by atoms with Crippen molar-refractivity contribution in [2.24, 2.45) is 5.73 Å². The van der Waals surface area contributed by atoms with Crippen LogP contribution in [0.5, 0.6) is 0 Å². The van der Waals surface area contributed by atoms with Crippen molar-refractivity contribution in [1.29, 1.82) is 0 Å². The third-order valence-electron chi connectivity index (χ3n) is 1.89. The lowest BCUT2D eigenvalue weighted by Crippen LogP contribution is -2.26. The third kappa shape index (κ3) is 2.66. The van der Waals surface area contributed by atoms with E-state index in [-0.39, 0.29) is 0 Å². The van der Waals surface area contributed by atoms with E-state index in [1.54, 1.807) is 18.2 Å². The van der Waals surface area contributed by atoms with Gasteiger partial charge in [-0.25, -0.2) is 8.42 Å². The van der Waals surface area contributed by atoms with Gasteiger partial charge in [-0.15, -0.1) is 17.9 Å². The van der Waals surface area contributed by atoms with E-state index in [2.05, 4.69) is 6.58 Å². The quantitative estimate of drug-likeness (QED) is 0.789. The van der Waals surface area contributed by atoms with Gasteiger partial charge in [0.05, 0.1) is 0 Å². The van der Waals surface area contributed by atoms with E-state index in [1.165, 1.54) is 22.7 Å². The zero-order valence-electron chi connectivity index (χ0n) is 8.51. The molecule has 0 atom stereocenters. The minimum atomic E-state index is -3.37. The fourth-order valence-electron chi connectivity index (χ4n) is 1.04. The molecule has 2 N–H and O–H groups in total. The fourth-order valence-corrected chi connectivity index (χ4v) is 3.63. The molecular weight excluding hydrogens is 232 g/mol. The van der Waals surface area contributed by atoms with Crippen LogP contribution < -0.4 is 5.73 Å². The summed E-state index contributed by atoms with van der Waals surface area (Å²) in [5, 5.41) is 0. The van der Waals surface area contributed by atoms with Gasteiger partial charge in [-0.3, -0.25) is 0 Å². The highest BCUT2D eigenvalue weighted by molar-refractivity contribution is 7.91. The summed E-state index contributed by atoms with van der Waals surface area (Å²) in [7, 11) is -1.84. The Balaban J connectivity index is 3.00. The van der Waals surface area contributed by atoms with E-state index in [0.29, 0.717) is 17.3 Å². The molecule has 0 aromatic carbocycles. The summed E-state index contributed by atoms with van der Waals surface area (Å²) in [6.45, 7) is 4.18. The van der Waals surface area contributed by atoms with Gasteiger partial charge in [0.2, 0.25) is 0 Å². The third-order valence-corrected chi connectivity index (χ3v) is 5.29. The maximum absolute atomic E-state index is 11.9. The average Bonchev–Trinajstić information content (AvgIpc) is 2.66. The van der Waals surface area contributed by atoms with Crippen molar-refractivity contribution >= 4 is 21.4 Å². The Kier molecular flexibility index (Phi) is 4.04. The van der Waals surface area contributed by atoms with Crippen molar-refractivity contribution in [2.45, 2.75) is 10.8 Å². The molecule has 1 rings (SSSR count). The summed E-state index contributed by atoms with van der Waals surface area (Å²) in [5.74, 6) is 0. The van der Waals surface area contributed by atoms with Crippen LogP contribution in [0.15, 0.2) is 29.0 Å². The zero-order valence-corrected chi connectivity index (χ0v) is 10.1. The highest BCUT2D eigenvalue weighted by Crippen LogP contribution is 2.23. The molecule has 0 bridgehead atoms. The molecule has 1 heterocycles. The van der Waals surface area contributed by atoms with Gasteiger partial charge in [0.1, 0.15) is 4.21 Å². The maximum Gasteiger partial charge on any atom is 0.252 e. The molecule has 0 spiro atoms. The number of rotatable bonds is 5. The minimum absolute atomic E-state index is 0.304. The predicted octanol–water partition coefficient (Wildman–Crippen LogP) is 1.01. The van der Waals surface area contributed by atoms with Crippen molar-refractivity contribution < 1.29 is 8.42 Å². The molecule has 0 aliphatic carbocycles. The monoisotopic (exact) mass is 246 g/mol. The summed E-state index contributed by atoms with van der Waals surface area (Å²) in [6, 6.07) is 3.32. The number of hydrogen-bond acceptors (Lipinski definition) is 4. The fraction of sp³-hybridized carbons (Fsp3) is 0.333. The number of sulfonamides is 1. The number of nitrogens with zero attached hydrogens (tertiary/aromatic N) is 1. The summed E-state index contributed by atoms with van der Waals surface area (Å²) < 4.78 is 25.4. The van der Waals surface area contributed by atoms with E-state index in [9.17, 15) is 8.42 Å². The van der Waals surface area contributed by atoms with Gasteiger partial charge in [0.25, 0.3) is 10.0 Å². The van der Waals surface area contributed by atoms with Gasteiger partial charge in [-0.1, -0.05) is 6.08 Å². The second-order valence-electron chi connectivity index (χ2n) is 3.00. The molecule has 4 nitrogen and oxygen atoms in total. The van der Waals surface area contributed by atoms with Gasteiger partial charge in [0.15, 0.2) is 0 Å². The summed E-state index contributed by atoms with van der Waals surface area (Å²) >= 11 is 1.21. The molecule has 84 valence electrons. The first-order chi connectivity index (χ1) is 7.02. The Morgan fingerprint density at radius 3 is 2.73 bits per heavy atom. The van der Waals surface area contributed by atoms with Crippen molar-refractivity contribution in [3.05, 3.63) is 29.7 Å². The van der Waals surface area contributed by atoms with Crippen LogP contribution in [0.3, 0.4) is 0 Å². The molecule has 0 unspecified atom stereocenters. The molecule has 0 saturated heterocycles. The first kappa shape index (κ1) is 12.4. The largest absolute Gasteiger partial charge is 0.326 e. The Labute approximate surface area is 94.1 Å². The van der Waals surface area contributed by atoms with Gasteiger partial charge in [-0.2, -0.15) is 4.31 Å². The van der Waals surface area contributed by atoms with E-state index >= 15 is 0 Å². The molecule has 0 saturated carbocycles. The van der Waals surface area contributed by atoms with Gasteiger partial charge in [0, 0.05) is 25.0 Å². The van der Waals surface area contributed by atoms with E-state index in [4.69, 9.17) is 5.73 Å². The lowest BCUT2D eigenvalue weighted by atomic mass is 10.5. The van der Waals surface area contributed by atoms with E-state index in [0.717, 1.165) is 4.88 Å². The van der Waals surface area contributed by atoms with E-state index in [1.807, 2.05) is 0 Å². The molecule has 15 heavy (non-hydrogen) atoms. The van der Waals surface area contributed by atoms with Crippen molar-refractivity contribution in [3.8, 4) is 0 Å². The van der Waals surface area contributed by atoms with Gasteiger partial charge < -0.3 is 5.73 Å². The lowest BCUT2D eigenvalue weighted by molar-refractivity contribution is 0.501. The highest BCUT2D eigenvalue weighted by atomic mass is 32.2. The zero-order chi connectivity index (χ0) is 11.5. The van der Waals surface area contributed by atoms with Gasteiger partial charge in [-0.05, 0) is 12.1 Å². The highest BCUT2D eigenvalue weighted by Gasteiger charge is 2.21. The Morgan fingerprint density at radius 2 is 2.27 bits per heavy atom. The Bertz CT molecular complexity index is 437. The second-order valence-corrected chi connectivity index (χ2v) is 6.44. The SMILES string of the molecule is C=CCN(C)S(=O)(=O)c1ccc(CN)s1. The van der Waals surface area contributed by atoms with Crippen LogP contribution in [0.25, 0.3) is 0 Å². The standard InChI is InChI=1S/C9H14N2O2S2/c1-3-6-11(2)15(12,13)9-5-4-8(7-10)14-9/h3-5H,1,6-7,10H2,2H3. The second kappa shape index (κ2) is 4.89.